The van der Waals surface area contributed by atoms with Gasteiger partial charge in [0.15, 0.2) is 5.58 Å². The van der Waals surface area contributed by atoms with Gasteiger partial charge in [-0.05, 0) is 52.9 Å². The van der Waals surface area contributed by atoms with Crippen molar-refractivity contribution in [1.29, 1.82) is 0 Å². The molecule has 0 aliphatic rings. The van der Waals surface area contributed by atoms with E-state index in [2.05, 4.69) is 38.5 Å². The molecule has 3 aromatic heterocycles. The molecule has 0 fully saturated rings. The van der Waals surface area contributed by atoms with Gasteiger partial charge in [0.25, 0.3) is 0 Å². The first kappa shape index (κ1) is 15.8. The molecule has 0 spiro atoms. The third kappa shape index (κ3) is 2.70. The summed E-state index contributed by atoms with van der Waals surface area (Å²) in [5.74, 6) is 0. The van der Waals surface area contributed by atoms with Crippen LogP contribution in [0.1, 0.15) is 0 Å². The van der Waals surface area contributed by atoms with E-state index in [0.717, 1.165) is 49.7 Å². The summed E-state index contributed by atoms with van der Waals surface area (Å²) in [5.41, 5.74) is 7.02. The molecule has 0 bridgehead atoms. The first-order valence-electron chi connectivity index (χ1n) is 9.17. The van der Waals surface area contributed by atoms with Gasteiger partial charge in [-0.15, -0.1) is 5.10 Å². The summed E-state index contributed by atoms with van der Waals surface area (Å²) < 4.78 is 5.07. The summed E-state index contributed by atoms with van der Waals surface area (Å²) in [6.07, 6.45) is 5.47. The van der Waals surface area contributed by atoms with Crippen molar-refractivity contribution in [3.63, 3.8) is 0 Å². The maximum atomic E-state index is 5.07. The molecule has 0 radical (unpaired) electrons. The fraction of sp³-hybridized carbons (Fsp3) is 0. The maximum absolute atomic E-state index is 5.07. The Balaban J connectivity index is 1.42. The molecule has 6 nitrogen and oxygen atoms in total. The number of rotatable bonds is 2. The van der Waals surface area contributed by atoms with Crippen molar-refractivity contribution in [2.45, 2.75) is 0 Å². The van der Waals surface area contributed by atoms with E-state index < -0.39 is 0 Å². The van der Waals surface area contributed by atoms with Crippen LogP contribution < -0.4 is 0 Å². The fourth-order valence-corrected chi connectivity index (χ4v) is 3.53. The molecule has 0 aliphatic heterocycles. The summed E-state index contributed by atoms with van der Waals surface area (Å²) in [6, 6.07) is 20.1. The topological polar surface area (TPSA) is 77.6 Å². The van der Waals surface area contributed by atoms with Gasteiger partial charge in [0.05, 0.1) is 22.9 Å². The van der Waals surface area contributed by atoms with Crippen LogP contribution in [0.4, 0.5) is 0 Å². The normalized spacial score (nSPS) is 11.4. The van der Waals surface area contributed by atoms with Gasteiger partial charge in [-0.25, -0.2) is 4.98 Å². The number of hydrogen-bond acceptors (Lipinski definition) is 6. The minimum Gasteiger partial charge on any atom is -0.337 e. The highest BCUT2D eigenvalue weighted by atomic mass is 16.5. The van der Waals surface area contributed by atoms with Gasteiger partial charge < -0.3 is 4.52 Å². The van der Waals surface area contributed by atoms with E-state index in [1.54, 1.807) is 6.20 Å². The summed E-state index contributed by atoms with van der Waals surface area (Å²) >= 11 is 0. The number of benzene rings is 3. The van der Waals surface area contributed by atoms with E-state index in [-0.39, 0.29) is 0 Å². The molecule has 0 aliphatic carbocycles. The smallest absolute Gasteiger partial charge is 0.187 e. The summed E-state index contributed by atoms with van der Waals surface area (Å²) in [5, 5.41) is 9.81. The van der Waals surface area contributed by atoms with Gasteiger partial charge in [0.1, 0.15) is 5.52 Å². The summed E-state index contributed by atoms with van der Waals surface area (Å²) in [7, 11) is 0. The molecular weight excluding hydrogens is 362 g/mol. The lowest BCUT2D eigenvalue weighted by molar-refractivity contribution is 0.424. The highest BCUT2D eigenvalue weighted by Gasteiger charge is 2.08. The lowest BCUT2D eigenvalue weighted by Crippen LogP contribution is -1.90. The quantitative estimate of drug-likeness (QED) is 0.421. The van der Waals surface area contributed by atoms with Gasteiger partial charge in [-0.3, -0.25) is 9.97 Å². The van der Waals surface area contributed by atoms with Crippen LogP contribution in [0.25, 0.3) is 55.3 Å². The lowest BCUT2D eigenvalue weighted by Gasteiger charge is -2.06. The van der Waals surface area contributed by atoms with Crippen LogP contribution in [-0.4, -0.2) is 25.3 Å². The number of aromatic nitrogens is 5. The third-order valence-corrected chi connectivity index (χ3v) is 5.06. The largest absolute Gasteiger partial charge is 0.337 e. The molecule has 0 saturated heterocycles. The molecule has 0 amide bonds. The minimum absolute atomic E-state index is 0.671. The van der Waals surface area contributed by atoms with E-state index in [0.29, 0.717) is 5.58 Å². The molecule has 3 aromatic carbocycles. The molecule has 0 unspecified atom stereocenters. The van der Waals surface area contributed by atoms with Gasteiger partial charge >= 0.3 is 0 Å². The zero-order valence-corrected chi connectivity index (χ0v) is 15.1. The van der Waals surface area contributed by atoms with Gasteiger partial charge in [-0.2, -0.15) is 0 Å². The van der Waals surface area contributed by atoms with E-state index in [4.69, 9.17) is 9.51 Å². The maximum Gasteiger partial charge on any atom is 0.187 e. The monoisotopic (exact) mass is 375 g/mol. The highest BCUT2D eigenvalue weighted by Crippen LogP contribution is 2.27. The molecular formula is C23H13N5O. The number of fused-ring (bicyclic) bond motifs is 3. The number of hydrogen-bond donors (Lipinski definition) is 0. The molecule has 3 heterocycles. The Kier molecular flexibility index (Phi) is 3.37. The van der Waals surface area contributed by atoms with Crippen molar-refractivity contribution in [2.24, 2.45) is 0 Å². The second-order valence-electron chi connectivity index (χ2n) is 6.85. The first-order valence-corrected chi connectivity index (χ1v) is 9.17. The number of pyridine rings is 1. The predicted octanol–water partition coefficient (Wildman–Crippen LogP) is 5.05. The SMILES string of the molecule is c1cc2ccc(-c3cnc4cc(-c5ccc6onnc6c5)ccc4n3)cc2cn1. The zero-order valence-electron chi connectivity index (χ0n) is 15.1. The Labute approximate surface area is 164 Å². The Morgan fingerprint density at radius 3 is 2.48 bits per heavy atom. The Morgan fingerprint density at radius 2 is 1.52 bits per heavy atom. The van der Waals surface area contributed by atoms with Gasteiger partial charge in [0.2, 0.25) is 0 Å². The summed E-state index contributed by atoms with van der Waals surface area (Å²) in [4.78, 5) is 13.7. The molecule has 6 heteroatoms. The van der Waals surface area contributed by atoms with Gasteiger partial charge in [-0.1, -0.05) is 24.3 Å². The van der Waals surface area contributed by atoms with Crippen molar-refractivity contribution in [1.82, 2.24) is 25.3 Å². The van der Waals surface area contributed by atoms with Crippen LogP contribution in [0.15, 0.2) is 83.8 Å². The van der Waals surface area contributed by atoms with Crippen molar-refractivity contribution in [2.75, 3.05) is 0 Å². The minimum atomic E-state index is 0.671. The van der Waals surface area contributed by atoms with E-state index in [1.165, 1.54) is 0 Å². The van der Waals surface area contributed by atoms with Gasteiger partial charge in [0, 0.05) is 28.6 Å². The average molecular weight is 375 g/mol. The van der Waals surface area contributed by atoms with E-state index in [9.17, 15) is 0 Å². The predicted molar refractivity (Wildman–Crippen MR) is 111 cm³/mol. The van der Waals surface area contributed by atoms with E-state index >= 15 is 0 Å². The molecule has 29 heavy (non-hydrogen) atoms. The second-order valence-corrected chi connectivity index (χ2v) is 6.85. The molecule has 6 aromatic rings. The first-order chi connectivity index (χ1) is 14.3. The van der Waals surface area contributed by atoms with Crippen LogP contribution in [0.2, 0.25) is 0 Å². The van der Waals surface area contributed by atoms with Crippen molar-refractivity contribution in [3.05, 3.63) is 79.3 Å². The van der Waals surface area contributed by atoms with Crippen LogP contribution in [0.5, 0.6) is 0 Å². The molecule has 0 saturated carbocycles. The standard InChI is InChI=1S/C23H13N5O/c1-2-17(9-18-12-24-8-7-14(1)18)22-13-25-20-10-15(3-5-19(20)26-22)16-4-6-23-21(11-16)27-28-29-23/h1-13H. The van der Waals surface area contributed by atoms with Crippen molar-refractivity contribution in [3.8, 4) is 22.4 Å². The summed E-state index contributed by atoms with van der Waals surface area (Å²) in [6.45, 7) is 0. The fourth-order valence-electron chi connectivity index (χ4n) is 3.53. The molecule has 136 valence electrons. The van der Waals surface area contributed by atoms with Crippen LogP contribution >= 0.6 is 0 Å². The van der Waals surface area contributed by atoms with E-state index in [1.807, 2.05) is 54.9 Å². The Hall–Kier alpha value is -4.19. The Morgan fingerprint density at radius 1 is 0.655 bits per heavy atom. The molecule has 0 N–H and O–H groups in total. The average Bonchev–Trinajstić information content (AvgIpc) is 3.26. The van der Waals surface area contributed by atoms with Crippen LogP contribution in [0, 0.1) is 0 Å². The second kappa shape index (κ2) is 6.17. The van der Waals surface area contributed by atoms with Crippen LogP contribution in [-0.2, 0) is 0 Å². The number of nitrogens with zero attached hydrogens (tertiary/aromatic N) is 5. The molecule has 0 atom stereocenters. The highest BCUT2D eigenvalue weighted by molar-refractivity contribution is 5.88. The van der Waals surface area contributed by atoms with Crippen molar-refractivity contribution >= 4 is 32.9 Å². The molecule has 6 rings (SSSR count). The lowest BCUT2D eigenvalue weighted by atomic mass is 10.0. The van der Waals surface area contributed by atoms with Crippen molar-refractivity contribution < 1.29 is 4.52 Å². The Bertz CT molecular complexity index is 1520. The third-order valence-electron chi connectivity index (χ3n) is 5.06. The zero-order chi connectivity index (χ0) is 19.2. The van der Waals surface area contributed by atoms with Crippen LogP contribution in [0.3, 0.4) is 0 Å².